The highest BCUT2D eigenvalue weighted by atomic mass is 32.1. The van der Waals surface area contributed by atoms with E-state index in [0.29, 0.717) is 23.7 Å². The quantitative estimate of drug-likeness (QED) is 0.315. The van der Waals surface area contributed by atoms with Gasteiger partial charge in [0.2, 0.25) is 0 Å². The standard InChI is InChI=1S/C30H25N3OS/c1-19-11-13-21(14-12-19)24-17-25(22-8-3-2-4-9-22)32-29-26(24)27(31)28(35-29)30(34)33-16-15-20-7-5-6-10-23(20)18-33/h2-14,17H,15-16,18,31H2,1H3. The van der Waals surface area contributed by atoms with Crippen LogP contribution in [-0.4, -0.2) is 22.3 Å². The summed E-state index contributed by atoms with van der Waals surface area (Å²) in [5.74, 6) is -0.0175. The van der Waals surface area contributed by atoms with Crippen LogP contribution in [0.25, 0.3) is 32.6 Å². The zero-order valence-corrected chi connectivity index (χ0v) is 20.3. The second-order valence-corrected chi connectivity index (χ2v) is 10.1. The molecule has 6 rings (SSSR count). The highest BCUT2D eigenvalue weighted by molar-refractivity contribution is 7.21. The fourth-order valence-electron chi connectivity index (χ4n) is 4.81. The number of carbonyl (C=O) groups excluding carboxylic acids is 1. The molecular weight excluding hydrogens is 450 g/mol. The number of fused-ring (bicyclic) bond motifs is 2. The maximum absolute atomic E-state index is 13.7. The van der Waals surface area contributed by atoms with Crippen LogP contribution >= 0.6 is 11.3 Å². The van der Waals surface area contributed by atoms with E-state index in [2.05, 4.69) is 67.6 Å². The molecule has 0 atom stereocenters. The predicted molar refractivity (Wildman–Crippen MR) is 145 cm³/mol. The summed E-state index contributed by atoms with van der Waals surface area (Å²) in [4.78, 5) is 21.9. The third-order valence-electron chi connectivity index (χ3n) is 6.74. The number of carbonyl (C=O) groups is 1. The van der Waals surface area contributed by atoms with Crippen molar-refractivity contribution in [2.45, 2.75) is 19.9 Å². The first kappa shape index (κ1) is 21.6. The van der Waals surface area contributed by atoms with E-state index in [0.717, 1.165) is 39.0 Å². The Labute approximate surface area is 208 Å². The van der Waals surface area contributed by atoms with Crippen LogP contribution in [0.4, 0.5) is 5.69 Å². The molecule has 5 aromatic rings. The number of nitrogens with zero attached hydrogens (tertiary/aromatic N) is 2. The molecular formula is C30H25N3OS. The van der Waals surface area contributed by atoms with E-state index in [4.69, 9.17) is 10.7 Å². The Balaban J connectivity index is 1.48. The van der Waals surface area contributed by atoms with Crippen LogP contribution in [0.2, 0.25) is 0 Å². The molecule has 35 heavy (non-hydrogen) atoms. The molecule has 0 saturated heterocycles. The Morgan fingerprint density at radius 3 is 2.40 bits per heavy atom. The van der Waals surface area contributed by atoms with E-state index in [1.165, 1.54) is 28.0 Å². The molecule has 5 heteroatoms. The molecule has 0 fully saturated rings. The molecule has 2 aromatic heterocycles. The van der Waals surface area contributed by atoms with Crippen LogP contribution in [0.1, 0.15) is 26.4 Å². The van der Waals surface area contributed by atoms with Crippen molar-refractivity contribution in [2.24, 2.45) is 0 Å². The Morgan fingerprint density at radius 2 is 1.63 bits per heavy atom. The first-order valence-corrected chi connectivity index (χ1v) is 12.6. The summed E-state index contributed by atoms with van der Waals surface area (Å²) in [6.45, 7) is 3.38. The number of anilines is 1. The van der Waals surface area contributed by atoms with E-state index in [9.17, 15) is 4.79 Å². The smallest absolute Gasteiger partial charge is 0.266 e. The van der Waals surface area contributed by atoms with Gasteiger partial charge in [0.25, 0.3) is 5.91 Å². The van der Waals surface area contributed by atoms with Gasteiger partial charge in [-0.05, 0) is 41.7 Å². The van der Waals surface area contributed by atoms with Gasteiger partial charge in [-0.1, -0.05) is 84.4 Å². The van der Waals surface area contributed by atoms with Gasteiger partial charge in [0.1, 0.15) is 9.71 Å². The molecule has 2 N–H and O–H groups in total. The van der Waals surface area contributed by atoms with Crippen molar-refractivity contribution in [1.82, 2.24) is 9.88 Å². The lowest BCUT2D eigenvalue weighted by Crippen LogP contribution is -2.35. The maximum atomic E-state index is 13.7. The fraction of sp³-hybridized carbons (Fsp3) is 0.133. The molecule has 1 amide bonds. The zero-order valence-electron chi connectivity index (χ0n) is 19.5. The van der Waals surface area contributed by atoms with E-state index >= 15 is 0 Å². The Bertz CT molecular complexity index is 1550. The lowest BCUT2D eigenvalue weighted by atomic mass is 9.98. The first-order valence-electron chi connectivity index (χ1n) is 11.8. The number of thiophene rings is 1. The van der Waals surface area contributed by atoms with Gasteiger partial charge in [0, 0.05) is 24.0 Å². The van der Waals surface area contributed by atoms with Gasteiger partial charge in [-0.15, -0.1) is 11.3 Å². The Morgan fingerprint density at radius 1 is 0.914 bits per heavy atom. The summed E-state index contributed by atoms with van der Waals surface area (Å²) < 4.78 is 0. The molecule has 0 saturated carbocycles. The molecule has 0 aliphatic carbocycles. The van der Waals surface area contributed by atoms with Crippen LogP contribution < -0.4 is 5.73 Å². The van der Waals surface area contributed by atoms with Crippen molar-refractivity contribution in [1.29, 1.82) is 0 Å². The Kier molecular flexibility index (Phi) is 5.34. The van der Waals surface area contributed by atoms with Crippen LogP contribution in [0.5, 0.6) is 0 Å². The second kappa shape index (κ2) is 8.67. The summed E-state index contributed by atoms with van der Waals surface area (Å²) >= 11 is 1.40. The van der Waals surface area contributed by atoms with Crippen molar-refractivity contribution >= 4 is 33.1 Å². The number of nitrogens with two attached hydrogens (primary N) is 1. The van der Waals surface area contributed by atoms with Gasteiger partial charge in [-0.25, -0.2) is 4.98 Å². The number of hydrogen-bond acceptors (Lipinski definition) is 4. The van der Waals surface area contributed by atoms with Gasteiger partial charge in [0.05, 0.1) is 11.4 Å². The van der Waals surface area contributed by atoms with Crippen molar-refractivity contribution < 1.29 is 4.79 Å². The number of rotatable bonds is 3. The average molecular weight is 476 g/mol. The number of benzene rings is 3. The van der Waals surface area contributed by atoms with E-state index in [1.807, 2.05) is 29.2 Å². The molecule has 172 valence electrons. The lowest BCUT2D eigenvalue weighted by Gasteiger charge is -2.28. The molecule has 4 nitrogen and oxygen atoms in total. The number of amides is 1. The lowest BCUT2D eigenvalue weighted by molar-refractivity contribution is 0.0740. The van der Waals surface area contributed by atoms with Crippen LogP contribution in [0.15, 0.2) is 84.9 Å². The molecule has 0 unspecified atom stereocenters. The highest BCUT2D eigenvalue weighted by Gasteiger charge is 2.27. The summed E-state index contributed by atoms with van der Waals surface area (Å²) in [7, 11) is 0. The van der Waals surface area contributed by atoms with Crippen molar-refractivity contribution in [3.8, 4) is 22.4 Å². The summed E-state index contributed by atoms with van der Waals surface area (Å²) in [5.41, 5.74) is 14.9. The van der Waals surface area contributed by atoms with Crippen LogP contribution in [0.3, 0.4) is 0 Å². The molecule has 1 aliphatic rings. The average Bonchev–Trinajstić information content (AvgIpc) is 3.24. The van der Waals surface area contributed by atoms with Gasteiger partial charge in [0.15, 0.2) is 0 Å². The summed E-state index contributed by atoms with van der Waals surface area (Å²) in [6.07, 6.45) is 0.859. The molecule has 0 bridgehead atoms. The number of aromatic nitrogens is 1. The summed E-state index contributed by atoms with van der Waals surface area (Å²) in [5, 5.41) is 0.860. The predicted octanol–water partition coefficient (Wildman–Crippen LogP) is 6.72. The van der Waals surface area contributed by atoms with Crippen LogP contribution in [-0.2, 0) is 13.0 Å². The SMILES string of the molecule is Cc1ccc(-c2cc(-c3ccccc3)nc3sc(C(=O)N4CCc5ccccc5C4)c(N)c23)cc1. The molecule has 3 aromatic carbocycles. The van der Waals surface area contributed by atoms with Gasteiger partial charge in [-0.3, -0.25) is 4.79 Å². The maximum Gasteiger partial charge on any atom is 0.266 e. The minimum absolute atomic E-state index is 0.0175. The number of hydrogen-bond donors (Lipinski definition) is 1. The molecule has 0 spiro atoms. The van der Waals surface area contributed by atoms with Gasteiger partial charge >= 0.3 is 0 Å². The fourth-order valence-corrected chi connectivity index (χ4v) is 5.90. The molecule has 1 aliphatic heterocycles. The van der Waals surface area contributed by atoms with E-state index < -0.39 is 0 Å². The Hall–Kier alpha value is -3.96. The minimum Gasteiger partial charge on any atom is -0.397 e. The first-order chi connectivity index (χ1) is 17.1. The van der Waals surface area contributed by atoms with Gasteiger partial charge < -0.3 is 10.6 Å². The molecule has 3 heterocycles. The monoisotopic (exact) mass is 475 g/mol. The van der Waals surface area contributed by atoms with Gasteiger partial charge in [-0.2, -0.15) is 0 Å². The highest BCUT2D eigenvalue weighted by Crippen LogP contribution is 2.42. The normalized spacial score (nSPS) is 13.1. The number of pyridine rings is 1. The topological polar surface area (TPSA) is 59.2 Å². The van der Waals surface area contributed by atoms with E-state index in [-0.39, 0.29) is 5.91 Å². The van der Waals surface area contributed by atoms with E-state index in [1.54, 1.807) is 0 Å². The minimum atomic E-state index is -0.0175. The van der Waals surface area contributed by atoms with Crippen molar-refractivity contribution in [3.63, 3.8) is 0 Å². The number of aryl methyl sites for hydroxylation is 1. The largest absolute Gasteiger partial charge is 0.397 e. The number of nitrogen functional groups attached to an aromatic ring is 1. The third kappa shape index (κ3) is 3.88. The molecule has 0 radical (unpaired) electrons. The third-order valence-corrected chi connectivity index (χ3v) is 7.83. The van der Waals surface area contributed by atoms with Crippen molar-refractivity contribution in [3.05, 3.63) is 106 Å². The van der Waals surface area contributed by atoms with Crippen LogP contribution in [0, 0.1) is 6.92 Å². The van der Waals surface area contributed by atoms with Crippen molar-refractivity contribution in [2.75, 3.05) is 12.3 Å². The summed E-state index contributed by atoms with van der Waals surface area (Å²) in [6, 6.07) is 29.0. The zero-order chi connectivity index (χ0) is 23.9. The second-order valence-electron chi connectivity index (χ2n) is 9.06.